The minimum atomic E-state index is -0.321. The zero-order valence-electron chi connectivity index (χ0n) is 15.1. The first-order valence-corrected chi connectivity index (χ1v) is 9.75. The van der Waals surface area contributed by atoms with Crippen molar-refractivity contribution in [1.82, 2.24) is 35.1 Å². The number of nitrogens with one attached hydrogen (secondary N) is 2. The average molecular weight is 398 g/mol. The number of rotatable bonds is 7. The fourth-order valence-electron chi connectivity index (χ4n) is 2.54. The predicted molar refractivity (Wildman–Crippen MR) is 101 cm³/mol. The van der Waals surface area contributed by atoms with E-state index in [1.807, 2.05) is 6.92 Å². The van der Waals surface area contributed by atoms with Crippen LogP contribution in [-0.2, 0) is 6.42 Å². The van der Waals surface area contributed by atoms with Crippen molar-refractivity contribution in [1.29, 1.82) is 0 Å². The average Bonchev–Trinajstić information content (AvgIpc) is 3.19. The highest BCUT2D eigenvalue weighted by molar-refractivity contribution is 7.08. The molecular formula is C17H18N8O2S. The molecule has 1 aliphatic rings. The number of hydrogen-bond donors (Lipinski definition) is 2. The molecule has 0 unspecified atom stereocenters. The lowest BCUT2D eigenvalue weighted by molar-refractivity contribution is 0.0939. The number of hydrogen-bond acceptors (Lipinski definition) is 8. The van der Waals surface area contributed by atoms with E-state index in [0.717, 1.165) is 30.8 Å². The number of amides is 2. The lowest BCUT2D eigenvalue weighted by atomic mass is 10.2. The summed E-state index contributed by atoms with van der Waals surface area (Å²) in [6.07, 6.45) is 3.59. The highest BCUT2D eigenvalue weighted by atomic mass is 32.1. The molecule has 1 aliphatic carbocycles. The van der Waals surface area contributed by atoms with Gasteiger partial charge in [0, 0.05) is 11.7 Å². The zero-order valence-corrected chi connectivity index (χ0v) is 15.9. The molecule has 0 atom stereocenters. The quantitative estimate of drug-likeness (QED) is 0.619. The first-order valence-electron chi connectivity index (χ1n) is 8.98. The van der Waals surface area contributed by atoms with E-state index in [4.69, 9.17) is 0 Å². The largest absolute Gasteiger partial charge is 0.346 e. The fraction of sp³-hybridized carbons (Fsp3) is 0.353. The van der Waals surface area contributed by atoms with Crippen molar-refractivity contribution in [2.45, 2.75) is 38.6 Å². The van der Waals surface area contributed by atoms with Gasteiger partial charge in [0.25, 0.3) is 17.6 Å². The molecule has 1 saturated carbocycles. The smallest absolute Gasteiger partial charge is 0.293 e. The molecule has 0 saturated heterocycles. The van der Waals surface area contributed by atoms with Crippen LogP contribution in [0.15, 0.2) is 24.3 Å². The van der Waals surface area contributed by atoms with Crippen LogP contribution in [0.25, 0.3) is 5.69 Å². The van der Waals surface area contributed by atoms with E-state index in [1.54, 1.807) is 24.3 Å². The first-order chi connectivity index (χ1) is 13.6. The molecule has 2 N–H and O–H groups in total. The number of nitrogens with zero attached hydrogens (tertiary/aromatic N) is 6. The normalized spacial score (nSPS) is 13.3. The van der Waals surface area contributed by atoms with Crippen molar-refractivity contribution >= 4 is 29.0 Å². The summed E-state index contributed by atoms with van der Waals surface area (Å²) in [5.74, 6) is -0.520. The summed E-state index contributed by atoms with van der Waals surface area (Å²) in [4.78, 5) is 26.2. The summed E-state index contributed by atoms with van der Waals surface area (Å²) >= 11 is 1.09. The number of carbonyl (C=O) groups excluding carboxylic acids is 2. The Hall–Kier alpha value is -3.21. The Morgan fingerprint density at radius 2 is 1.96 bits per heavy atom. The summed E-state index contributed by atoms with van der Waals surface area (Å²) in [6, 6.07) is 7.16. The van der Waals surface area contributed by atoms with Crippen LogP contribution >= 0.6 is 11.5 Å². The summed E-state index contributed by atoms with van der Waals surface area (Å²) in [6.45, 7) is 2.03. The van der Waals surface area contributed by atoms with Gasteiger partial charge in [0.15, 0.2) is 0 Å². The molecule has 11 heteroatoms. The number of tetrazole rings is 1. The van der Waals surface area contributed by atoms with Gasteiger partial charge < -0.3 is 10.6 Å². The van der Waals surface area contributed by atoms with E-state index in [9.17, 15) is 9.59 Å². The van der Waals surface area contributed by atoms with Crippen LogP contribution in [0.1, 0.15) is 52.2 Å². The highest BCUT2D eigenvalue weighted by Gasteiger charge is 2.26. The number of anilines is 1. The molecule has 0 radical (unpaired) electrons. The van der Waals surface area contributed by atoms with Crippen molar-refractivity contribution in [3.63, 3.8) is 0 Å². The van der Waals surface area contributed by atoms with Crippen LogP contribution in [-0.4, -0.2) is 47.7 Å². The minimum Gasteiger partial charge on any atom is -0.346 e. The Kier molecular flexibility index (Phi) is 5.06. The number of carbonyl (C=O) groups is 2. The Bertz CT molecular complexity index is 993. The Labute approximate surface area is 164 Å². The molecule has 1 fully saturated rings. The monoisotopic (exact) mass is 398 g/mol. The van der Waals surface area contributed by atoms with Crippen LogP contribution in [0.2, 0.25) is 0 Å². The van der Waals surface area contributed by atoms with Gasteiger partial charge in [-0.3, -0.25) is 9.59 Å². The van der Waals surface area contributed by atoms with Crippen LogP contribution < -0.4 is 10.6 Å². The Morgan fingerprint density at radius 1 is 1.18 bits per heavy atom. The maximum atomic E-state index is 12.4. The van der Waals surface area contributed by atoms with E-state index < -0.39 is 0 Å². The van der Waals surface area contributed by atoms with E-state index >= 15 is 0 Å². The van der Waals surface area contributed by atoms with Crippen molar-refractivity contribution in [2.75, 3.05) is 5.32 Å². The van der Waals surface area contributed by atoms with Gasteiger partial charge in [0.2, 0.25) is 0 Å². The third-order valence-electron chi connectivity index (χ3n) is 4.13. The molecule has 0 aliphatic heterocycles. The second-order valence-electron chi connectivity index (χ2n) is 6.45. The first kappa shape index (κ1) is 18.2. The predicted octanol–water partition coefficient (Wildman–Crippen LogP) is 1.61. The van der Waals surface area contributed by atoms with Crippen LogP contribution in [0, 0.1) is 0 Å². The molecular weight excluding hydrogens is 380 g/mol. The molecule has 0 spiro atoms. The van der Waals surface area contributed by atoms with Crippen molar-refractivity contribution in [2.24, 2.45) is 0 Å². The standard InChI is InChI=1S/C17H18N8O2S/c1-2-3-13-14(28-24-20-13)16(26)18-11-6-8-12(9-7-11)25-22-15(21-23-25)17(27)19-10-4-5-10/h6-10H,2-5H2,1H3,(H,18,26)(H,19,27). The van der Waals surface area contributed by atoms with Crippen LogP contribution in [0.4, 0.5) is 5.69 Å². The summed E-state index contributed by atoms with van der Waals surface area (Å²) in [5.41, 5.74) is 1.96. The van der Waals surface area contributed by atoms with Gasteiger partial charge in [-0.15, -0.1) is 20.1 Å². The number of aromatic nitrogens is 6. The van der Waals surface area contributed by atoms with Gasteiger partial charge in [0.05, 0.1) is 11.4 Å². The van der Waals surface area contributed by atoms with Gasteiger partial charge in [-0.25, -0.2) is 0 Å². The van der Waals surface area contributed by atoms with Crippen molar-refractivity contribution in [3.8, 4) is 5.69 Å². The lowest BCUT2D eigenvalue weighted by Gasteiger charge is -2.05. The maximum Gasteiger partial charge on any atom is 0.293 e. The topological polar surface area (TPSA) is 128 Å². The third-order valence-corrected chi connectivity index (χ3v) is 4.90. The zero-order chi connectivity index (χ0) is 19.5. The third kappa shape index (κ3) is 4.03. The molecule has 3 aromatic rings. The second-order valence-corrected chi connectivity index (χ2v) is 7.20. The number of benzene rings is 1. The molecule has 2 heterocycles. The molecule has 1 aromatic carbocycles. The lowest BCUT2D eigenvalue weighted by Crippen LogP contribution is -2.26. The van der Waals surface area contributed by atoms with Crippen LogP contribution in [0.3, 0.4) is 0 Å². The van der Waals surface area contributed by atoms with Crippen LogP contribution in [0.5, 0.6) is 0 Å². The summed E-state index contributed by atoms with van der Waals surface area (Å²) in [5, 5.41) is 21.5. The SMILES string of the molecule is CCCc1nnsc1C(=O)Nc1ccc(-n2nnc(C(=O)NC3CC3)n2)cc1. The minimum absolute atomic E-state index is 0.0328. The summed E-state index contributed by atoms with van der Waals surface area (Å²) in [7, 11) is 0. The molecule has 28 heavy (non-hydrogen) atoms. The molecule has 10 nitrogen and oxygen atoms in total. The Morgan fingerprint density at radius 3 is 2.68 bits per heavy atom. The maximum absolute atomic E-state index is 12.4. The van der Waals surface area contributed by atoms with Gasteiger partial charge in [-0.05, 0) is 60.3 Å². The van der Waals surface area contributed by atoms with Crippen molar-refractivity contribution < 1.29 is 9.59 Å². The van der Waals surface area contributed by atoms with E-state index in [-0.39, 0.29) is 23.7 Å². The van der Waals surface area contributed by atoms with Gasteiger partial charge in [-0.2, -0.15) is 0 Å². The van der Waals surface area contributed by atoms with Crippen molar-refractivity contribution in [3.05, 3.63) is 40.7 Å². The fourth-order valence-corrected chi connectivity index (χ4v) is 3.14. The highest BCUT2D eigenvalue weighted by Crippen LogP contribution is 2.19. The molecule has 144 valence electrons. The van der Waals surface area contributed by atoms with E-state index in [0.29, 0.717) is 28.4 Å². The molecule has 2 amide bonds. The number of aryl methyl sites for hydroxylation is 1. The summed E-state index contributed by atoms with van der Waals surface area (Å²) < 4.78 is 3.87. The second kappa shape index (κ2) is 7.80. The van der Waals surface area contributed by atoms with E-state index in [2.05, 4.69) is 35.6 Å². The molecule has 2 aromatic heterocycles. The van der Waals surface area contributed by atoms with Gasteiger partial charge >= 0.3 is 0 Å². The van der Waals surface area contributed by atoms with Gasteiger partial charge in [-0.1, -0.05) is 17.8 Å². The Balaban J connectivity index is 1.42. The molecule has 4 rings (SSSR count). The molecule has 0 bridgehead atoms. The van der Waals surface area contributed by atoms with Gasteiger partial charge in [0.1, 0.15) is 4.88 Å². The van der Waals surface area contributed by atoms with E-state index in [1.165, 1.54) is 4.80 Å².